The highest BCUT2D eigenvalue weighted by molar-refractivity contribution is 7.47. The monoisotopic (exact) mass is 563 g/mol. The van der Waals surface area contributed by atoms with Crippen LogP contribution in [0, 0.1) is 5.92 Å². The Labute approximate surface area is 217 Å². The third-order valence-electron chi connectivity index (χ3n) is 4.79. The quantitative estimate of drug-likeness (QED) is 0.197. The number of nitrogens with zero attached hydrogens (tertiary/aromatic N) is 4. The fourth-order valence-electron chi connectivity index (χ4n) is 3.06. The molecule has 0 radical (unpaired) electrons. The molecule has 0 aliphatic carbocycles. The first kappa shape index (κ1) is 28.5. The Kier molecular flexibility index (Phi) is 10.3. The molecule has 2 heterocycles. The number of aliphatic hydroxyl groups excluding tert-OH is 1. The van der Waals surface area contributed by atoms with Crippen molar-refractivity contribution in [3.63, 3.8) is 0 Å². The van der Waals surface area contributed by atoms with Crippen LogP contribution in [-0.2, 0) is 38.2 Å². The van der Waals surface area contributed by atoms with Crippen LogP contribution in [0.4, 0.5) is 5.95 Å². The summed E-state index contributed by atoms with van der Waals surface area (Å²) in [6.07, 6.45) is 1.43. The topological polar surface area (TPSA) is 150 Å². The van der Waals surface area contributed by atoms with Crippen LogP contribution in [0.15, 0.2) is 29.2 Å². The molecule has 1 unspecified atom stereocenters. The van der Waals surface area contributed by atoms with Gasteiger partial charge in [-0.2, -0.15) is 5.10 Å². The standard InChI is InChI=1S/C21H28Cl2N5O7P/c1-14(2)12-34-36(31,32)35-13-27-20(30)19-18(11-25-28(19)5-7-33-8-6-29)26-21(27)24-10-15-3-4-16(22)17(23)9-15/h3-4,9,11,14,29H,5-8,10,12-13H2,1-2H3,(H,24,26)(H,31,32). The number of benzene rings is 1. The molecule has 0 spiro atoms. The number of halogens is 2. The van der Waals surface area contributed by atoms with E-state index in [1.165, 1.54) is 10.9 Å². The summed E-state index contributed by atoms with van der Waals surface area (Å²) in [5, 5.41) is 16.9. The average Bonchev–Trinajstić information content (AvgIpc) is 3.24. The second kappa shape index (κ2) is 13.0. The van der Waals surface area contributed by atoms with Crippen LogP contribution >= 0.6 is 31.0 Å². The van der Waals surface area contributed by atoms with Gasteiger partial charge < -0.3 is 20.1 Å². The molecule has 198 valence electrons. The van der Waals surface area contributed by atoms with Gasteiger partial charge in [-0.25, -0.2) is 9.55 Å². The third-order valence-corrected chi connectivity index (χ3v) is 6.44. The summed E-state index contributed by atoms with van der Waals surface area (Å²) in [4.78, 5) is 27.9. The lowest BCUT2D eigenvalue weighted by molar-refractivity contribution is 0.0859. The average molecular weight is 564 g/mol. The maximum atomic E-state index is 13.4. The number of ether oxygens (including phenoxy) is 1. The maximum absolute atomic E-state index is 13.4. The Balaban J connectivity index is 1.91. The molecule has 0 saturated carbocycles. The van der Waals surface area contributed by atoms with Gasteiger partial charge in [-0.15, -0.1) is 0 Å². The third kappa shape index (κ3) is 7.74. The Morgan fingerprint density at radius 2 is 1.97 bits per heavy atom. The molecule has 12 nitrogen and oxygen atoms in total. The van der Waals surface area contributed by atoms with E-state index >= 15 is 0 Å². The van der Waals surface area contributed by atoms with E-state index in [4.69, 9.17) is 42.1 Å². The molecule has 0 saturated heterocycles. The largest absolute Gasteiger partial charge is 0.473 e. The minimum atomic E-state index is -4.44. The number of hydrogen-bond acceptors (Lipinski definition) is 9. The molecule has 0 fully saturated rings. The van der Waals surface area contributed by atoms with Crippen LogP contribution in [0.2, 0.25) is 10.0 Å². The van der Waals surface area contributed by atoms with E-state index in [1.807, 2.05) is 13.8 Å². The highest BCUT2D eigenvalue weighted by atomic mass is 35.5. The number of aromatic nitrogens is 4. The first-order chi connectivity index (χ1) is 17.1. The molecule has 15 heteroatoms. The van der Waals surface area contributed by atoms with Gasteiger partial charge in [0.25, 0.3) is 5.56 Å². The molecular formula is C21H28Cl2N5O7P. The number of rotatable bonds is 14. The molecule has 3 rings (SSSR count). The van der Waals surface area contributed by atoms with Gasteiger partial charge in [0.2, 0.25) is 5.95 Å². The Hall–Kier alpha value is -2.02. The molecule has 0 aliphatic rings. The van der Waals surface area contributed by atoms with Gasteiger partial charge in [0.05, 0.1) is 49.2 Å². The van der Waals surface area contributed by atoms with Crippen LogP contribution in [0.25, 0.3) is 11.0 Å². The molecule has 36 heavy (non-hydrogen) atoms. The van der Waals surface area contributed by atoms with Crippen molar-refractivity contribution in [2.75, 3.05) is 31.7 Å². The van der Waals surface area contributed by atoms with Crippen LogP contribution in [0.1, 0.15) is 19.4 Å². The lowest BCUT2D eigenvalue weighted by atomic mass is 10.2. The second-order valence-electron chi connectivity index (χ2n) is 8.12. The van der Waals surface area contributed by atoms with E-state index in [1.54, 1.807) is 18.2 Å². The van der Waals surface area contributed by atoms with Crippen molar-refractivity contribution >= 4 is 48.0 Å². The van der Waals surface area contributed by atoms with Crippen molar-refractivity contribution in [1.82, 2.24) is 19.3 Å². The van der Waals surface area contributed by atoms with Crippen LogP contribution in [0.3, 0.4) is 0 Å². The van der Waals surface area contributed by atoms with Gasteiger partial charge in [-0.1, -0.05) is 43.1 Å². The second-order valence-corrected chi connectivity index (χ2v) is 10.4. The highest BCUT2D eigenvalue weighted by Gasteiger charge is 2.24. The van der Waals surface area contributed by atoms with Crippen molar-refractivity contribution in [2.24, 2.45) is 5.92 Å². The van der Waals surface area contributed by atoms with Crippen LogP contribution in [0.5, 0.6) is 0 Å². The lowest BCUT2D eigenvalue weighted by Crippen LogP contribution is -2.28. The molecular weight excluding hydrogens is 536 g/mol. The zero-order valence-corrected chi connectivity index (χ0v) is 22.2. The summed E-state index contributed by atoms with van der Waals surface area (Å²) < 4.78 is 30.1. The normalized spacial score (nSPS) is 13.4. The summed E-state index contributed by atoms with van der Waals surface area (Å²) in [6, 6.07) is 5.07. The number of aliphatic hydroxyl groups is 1. The fourth-order valence-corrected chi connectivity index (χ4v) is 4.20. The van der Waals surface area contributed by atoms with Crippen molar-refractivity contribution < 1.29 is 28.3 Å². The van der Waals surface area contributed by atoms with Crippen molar-refractivity contribution in [3.8, 4) is 0 Å². The van der Waals surface area contributed by atoms with Gasteiger partial charge in [-0.3, -0.25) is 23.1 Å². The molecule has 1 aromatic carbocycles. The maximum Gasteiger partial charge on any atom is 0.473 e. The Morgan fingerprint density at radius 3 is 2.67 bits per heavy atom. The smallest absolute Gasteiger partial charge is 0.394 e. The summed E-state index contributed by atoms with van der Waals surface area (Å²) >= 11 is 12.1. The first-order valence-electron chi connectivity index (χ1n) is 11.1. The van der Waals surface area contributed by atoms with E-state index < -0.39 is 20.1 Å². The predicted molar refractivity (Wildman–Crippen MR) is 135 cm³/mol. The minimum absolute atomic E-state index is 0.000598. The number of phosphoric ester groups is 1. The van der Waals surface area contributed by atoms with Crippen LogP contribution in [-0.4, -0.2) is 55.8 Å². The lowest BCUT2D eigenvalue weighted by Gasteiger charge is -2.17. The molecule has 3 aromatic rings. The predicted octanol–water partition coefficient (Wildman–Crippen LogP) is 3.27. The minimum Gasteiger partial charge on any atom is -0.394 e. The van der Waals surface area contributed by atoms with Gasteiger partial charge in [-0.05, 0) is 23.6 Å². The molecule has 1 atom stereocenters. The van der Waals surface area contributed by atoms with E-state index in [-0.39, 0.29) is 56.9 Å². The molecule has 3 N–H and O–H groups in total. The summed E-state index contributed by atoms with van der Waals surface area (Å²) in [5.74, 6) is 0.0826. The summed E-state index contributed by atoms with van der Waals surface area (Å²) in [6.45, 7) is 3.72. The van der Waals surface area contributed by atoms with Gasteiger partial charge in [0.15, 0.2) is 5.52 Å². The van der Waals surface area contributed by atoms with Crippen molar-refractivity contribution in [2.45, 2.75) is 33.7 Å². The number of fused-ring (bicyclic) bond motifs is 1. The van der Waals surface area contributed by atoms with Gasteiger partial charge >= 0.3 is 7.82 Å². The SMILES string of the molecule is CC(C)COP(=O)(O)OCn1c(NCc2ccc(Cl)c(Cl)c2)nc2cnn(CCOCCO)c2c1=O. The molecule has 0 bridgehead atoms. The highest BCUT2D eigenvalue weighted by Crippen LogP contribution is 2.44. The van der Waals surface area contributed by atoms with Crippen LogP contribution < -0.4 is 10.9 Å². The van der Waals surface area contributed by atoms with E-state index in [0.29, 0.717) is 15.6 Å². The van der Waals surface area contributed by atoms with Crippen molar-refractivity contribution in [3.05, 3.63) is 50.4 Å². The zero-order valence-electron chi connectivity index (χ0n) is 19.8. The molecule has 0 amide bonds. The number of nitrogens with one attached hydrogen (secondary N) is 1. The van der Waals surface area contributed by atoms with E-state index in [9.17, 15) is 14.3 Å². The Morgan fingerprint density at radius 1 is 1.19 bits per heavy atom. The number of anilines is 1. The van der Waals surface area contributed by atoms with E-state index in [2.05, 4.69) is 15.4 Å². The van der Waals surface area contributed by atoms with Gasteiger partial charge in [0.1, 0.15) is 12.2 Å². The molecule has 0 aliphatic heterocycles. The summed E-state index contributed by atoms with van der Waals surface area (Å²) in [5.41, 5.74) is 0.664. The zero-order chi connectivity index (χ0) is 26.3. The van der Waals surface area contributed by atoms with Crippen molar-refractivity contribution in [1.29, 1.82) is 0 Å². The summed E-state index contributed by atoms with van der Waals surface area (Å²) in [7, 11) is -4.44. The number of hydrogen-bond donors (Lipinski definition) is 3. The fraction of sp³-hybridized carbons (Fsp3) is 0.476. The molecule has 2 aromatic heterocycles. The first-order valence-corrected chi connectivity index (χ1v) is 13.3. The number of phosphoric acid groups is 1. The van der Waals surface area contributed by atoms with Gasteiger partial charge in [0, 0.05) is 6.54 Å². The Bertz CT molecular complexity index is 1280. The van der Waals surface area contributed by atoms with E-state index in [0.717, 1.165) is 10.1 Å².